The van der Waals surface area contributed by atoms with Gasteiger partial charge in [0.25, 0.3) is 0 Å². The number of anilines is 1. The minimum Gasteiger partial charge on any atom is -0.377 e. The number of hydrogen-bond donors (Lipinski definition) is 1. The summed E-state index contributed by atoms with van der Waals surface area (Å²) in [4.78, 5) is 8.69. The predicted molar refractivity (Wildman–Crippen MR) is 83.1 cm³/mol. The standard InChI is InChI=1S/C17H18FN3/c1-12(14-4-2-3-5-15(14)18)20-16-6-7-17(16)21-13-8-10-19-11-9-13/h2-5,8-12,17H,6-7H2,1H3,(H,19,21). The van der Waals surface area contributed by atoms with E-state index in [-0.39, 0.29) is 17.9 Å². The molecule has 0 spiro atoms. The Morgan fingerprint density at radius 3 is 2.67 bits per heavy atom. The monoisotopic (exact) mass is 283 g/mol. The highest BCUT2D eigenvalue weighted by Crippen LogP contribution is 2.26. The van der Waals surface area contributed by atoms with Gasteiger partial charge in [0.15, 0.2) is 0 Å². The smallest absolute Gasteiger partial charge is 0.128 e. The molecule has 1 aromatic heterocycles. The minimum atomic E-state index is -0.188. The van der Waals surface area contributed by atoms with Gasteiger partial charge in [0, 0.05) is 29.4 Å². The lowest BCUT2D eigenvalue weighted by Gasteiger charge is -2.31. The third-order valence-electron chi connectivity index (χ3n) is 3.83. The largest absolute Gasteiger partial charge is 0.377 e. The molecule has 3 rings (SSSR count). The SMILES string of the molecule is CC(N=C1CCC1Nc1ccncc1)c1ccccc1F. The second-order valence-electron chi connectivity index (χ2n) is 5.29. The molecule has 1 heterocycles. The van der Waals surface area contributed by atoms with E-state index in [9.17, 15) is 4.39 Å². The van der Waals surface area contributed by atoms with E-state index in [1.54, 1.807) is 24.5 Å². The van der Waals surface area contributed by atoms with Crippen LogP contribution in [-0.4, -0.2) is 16.7 Å². The van der Waals surface area contributed by atoms with Gasteiger partial charge in [-0.05, 0) is 38.0 Å². The fourth-order valence-corrected chi connectivity index (χ4v) is 2.51. The Kier molecular flexibility index (Phi) is 3.95. The third-order valence-corrected chi connectivity index (χ3v) is 3.83. The molecule has 0 amide bonds. The topological polar surface area (TPSA) is 37.3 Å². The van der Waals surface area contributed by atoms with Gasteiger partial charge in [-0.15, -0.1) is 0 Å². The van der Waals surface area contributed by atoms with Crippen molar-refractivity contribution in [1.29, 1.82) is 0 Å². The summed E-state index contributed by atoms with van der Waals surface area (Å²) in [6.45, 7) is 1.94. The van der Waals surface area contributed by atoms with E-state index in [4.69, 9.17) is 0 Å². The number of rotatable bonds is 4. The molecule has 3 nitrogen and oxygen atoms in total. The maximum atomic E-state index is 13.8. The zero-order chi connectivity index (χ0) is 14.7. The van der Waals surface area contributed by atoms with E-state index < -0.39 is 0 Å². The predicted octanol–water partition coefficient (Wildman–Crippen LogP) is 4.00. The highest BCUT2D eigenvalue weighted by Gasteiger charge is 2.26. The molecular formula is C17H18FN3. The fourth-order valence-electron chi connectivity index (χ4n) is 2.51. The molecule has 1 aromatic carbocycles. The molecule has 2 atom stereocenters. The van der Waals surface area contributed by atoms with Gasteiger partial charge >= 0.3 is 0 Å². The second-order valence-corrected chi connectivity index (χ2v) is 5.29. The quantitative estimate of drug-likeness (QED) is 0.921. The van der Waals surface area contributed by atoms with Crippen LogP contribution in [0.1, 0.15) is 31.4 Å². The van der Waals surface area contributed by atoms with Gasteiger partial charge in [-0.25, -0.2) is 4.39 Å². The summed E-state index contributed by atoms with van der Waals surface area (Å²) in [6, 6.07) is 10.8. The van der Waals surface area contributed by atoms with Crippen molar-refractivity contribution in [2.75, 3.05) is 5.32 Å². The Morgan fingerprint density at radius 1 is 1.24 bits per heavy atom. The van der Waals surface area contributed by atoms with Crippen molar-refractivity contribution in [3.05, 3.63) is 60.2 Å². The van der Waals surface area contributed by atoms with Crippen LogP contribution in [0, 0.1) is 5.82 Å². The number of nitrogens with one attached hydrogen (secondary N) is 1. The summed E-state index contributed by atoms with van der Waals surface area (Å²) in [5.74, 6) is -0.188. The number of nitrogens with zero attached hydrogens (tertiary/aromatic N) is 2. The summed E-state index contributed by atoms with van der Waals surface area (Å²) in [6.07, 6.45) is 5.56. The fraction of sp³-hybridized carbons (Fsp3) is 0.294. The molecular weight excluding hydrogens is 265 g/mol. The first-order chi connectivity index (χ1) is 10.2. The summed E-state index contributed by atoms with van der Waals surface area (Å²) >= 11 is 0. The summed E-state index contributed by atoms with van der Waals surface area (Å²) < 4.78 is 13.8. The summed E-state index contributed by atoms with van der Waals surface area (Å²) in [5.41, 5.74) is 2.81. The molecule has 21 heavy (non-hydrogen) atoms. The number of aliphatic imine (C=N–C) groups is 1. The van der Waals surface area contributed by atoms with Gasteiger partial charge in [0.1, 0.15) is 5.82 Å². The van der Waals surface area contributed by atoms with Gasteiger partial charge in [0.05, 0.1) is 12.1 Å². The lowest BCUT2D eigenvalue weighted by molar-refractivity contribution is 0.590. The van der Waals surface area contributed by atoms with Crippen molar-refractivity contribution >= 4 is 11.4 Å². The van der Waals surface area contributed by atoms with E-state index in [1.807, 2.05) is 25.1 Å². The molecule has 0 aliphatic heterocycles. The molecule has 2 aromatic rings. The molecule has 0 radical (unpaired) electrons. The molecule has 1 fully saturated rings. The van der Waals surface area contributed by atoms with Crippen LogP contribution in [0.4, 0.5) is 10.1 Å². The van der Waals surface area contributed by atoms with Crippen LogP contribution in [0.3, 0.4) is 0 Å². The van der Waals surface area contributed by atoms with Gasteiger partial charge < -0.3 is 5.32 Å². The third kappa shape index (κ3) is 3.10. The maximum Gasteiger partial charge on any atom is 0.128 e. The Balaban J connectivity index is 1.70. The molecule has 1 N–H and O–H groups in total. The van der Waals surface area contributed by atoms with Crippen LogP contribution in [0.2, 0.25) is 0 Å². The molecule has 4 heteroatoms. The molecule has 1 aliphatic carbocycles. The number of pyridine rings is 1. The van der Waals surface area contributed by atoms with E-state index in [2.05, 4.69) is 15.3 Å². The van der Waals surface area contributed by atoms with Crippen molar-refractivity contribution in [3.8, 4) is 0 Å². The second kappa shape index (κ2) is 6.04. The van der Waals surface area contributed by atoms with Crippen molar-refractivity contribution < 1.29 is 4.39 Å². The maximum absolute atomic E-state index is 13.8. The van der Waals surface area contributed by atoms with Crippen LogP contribution in [-0.2, 0) is 0 Å². The van der Waals surface area contributed by atoms with Crippen molar-refractivity contribution in [2.45, 2.75) is 31.8 Å². The molecule has 2 unspecified atom stereocenters. The number of aromatic nitrogens is 1. The van der Waals surface area contributed by atoms with Gasteiger partial charge in [-0.1, -0.05) is 18.2 Å². The lowest BCUT2D eigenvalue weighted by Crippen LogP contribution is -2.39. The van der Waals surface area contributed by atoms with E-state index in [0.717, 1.165) is 24.2 Å². The Hall–Kier alpha value is -2.23. The lowest BCUT2D eigenvalue weighted by atomic mass is 9.89. The zero-order valence-corrected chi connectivity index (χ0v) is 12.0. The van der Waals surface area contributed by atoms with Gasteiger partial charge in [-0.3, -0.25) is 9.98 Å². The van der Waals surface area contributed by atoms with Crippen molar-refractivity contribution in [1.82, 2.24) is 4.98 Å². The van der Waals surface area contributed by atoms with E-state index >= 15 is 0 Å². The Labute approximate surface area is 124 Å². The molecule has 0 saturated heterocycles. The highest BCUT2D eigenvalue weighted by molar-refractivity contribution is 5.97. The minimum absolute atomic E-state index is 0.150. The molecule has 0 bridgehead atoms. The van der Waals surface area contributed by atoms with Gasteiger partial charge in [-0.2, -0.15) is 0 Å². The summed E-state index contributed by atoms with van der Waals surface area (Å²) in [7, 11) is 0. The Bertz CT molecular complexity index is 639. The normalized spacial score (nSPS) is 20.9. The van der Waals surface area contributed by atoms with Crippen LogP contribution >= 0.6 is 0 Å². The first-order valence-corrected chi connectivity index (χ1v) is 7.21. The first-order valence-electron chi connectivity index (χ1n) is 7.21. The van der Waals surface area contributed by atoms with Crippen LogP contribution in [0.25, 0.3) is 0 Å². The van der Waals surface area contributed by atoms with E-state index in [1.165, 1.54) is 6.07 Å². The average Bonchev–Trinajstić information content (AvgIpc) is 2.50. The number of halogens is 1. The van der Waals surface area contributed by atoms with Crippen molar-refractivity contribution in [2.24, 2.45) is 4.99 Å². The first kappa shape index (κ1) is 13.7. The van der Waals surface area contributed by atoms with Crippen molar-refractivity contribution in [3.63, 3.8) is 0 Å². The number of hydrogen-bond acceptors (Lipinski definition) is 3. The highest BCUT2D eigenvalue weighted by atomic mass is 19.1. The molecule has 1 aliphatic rings. The van der Waals surface area contributed by atoms with Crippen LogP contribution < -0.4 is 5.32 Å². The Morgan fingerprint density at radius 2 is 2.00 bits per heavy atom. The van der Waals surface area contributed by atoms with Crippen LogP contribution in [0.15, 0.2) is 53.8 Å². The number of benzene rings is 1. The van der Waals surface area contributed by atoms with E-state index in [0.29, 0.717) is 5.56 Å². The zero-order valence-electron chi connectivity index (χ0n) is 12.0. The summed E-state index contributed by atoms with van der Waals surface area (Å²) in [5, 5.41) is 3.44. The van der Waals surface area contributed by atoms with Crippen LogP contribution in [0.5, 0.6) is 0 Å². The molecule has 108 valence electrons. The van der Waals surface area contributed by atoms with Gasteiger partial charge in [0.2, 0.25) is 0 Å². The average molecular weight is 283 g/mol. The molecule has 1 saturated carbocycles.